The molecule has 0 aliphatic carbocycles. The number of likely N-dealkylation sites (tertiary alicyclic amines) is 1. The highest BCUT2D eigenvalue weighted by atomic mass is 16.2. The molecular formula is C9H17N3O2. The standard InChI is InChI=1S/C9H17N3O2/c1-3-11-9(14)12-6-4-5-7(12)8(13)10-2/h7H,3-6H2,1-2H3,(H,10,13)(H,11,14). The highest BCUT2D eigenvalue weighted by Gasteiger charge is 2.32. The first-order chi connectivity index (χ1) is 6.70. The van der Waals surface area contributed by atoms with Gasteiger partial charge in [-0.2, -0.15) is 0 Å². The van der Waals surface area contributed by atoms with Gasteiger partial charge >= 0.3 is 6.03 Å². The molecule has 1 unspecified atom stereocenters. The summed E-state index contributed by atoms with van der Waals surface area (Å²) in [4.78, 5) is 24.5. The first kappa shape index (κ1) is 10.8. The van der Waals surface area contributed by atoms with Crippen LogP contribution < -0.4 is 10.6 Å². The van der Waals surface area contributed by atoms with Gasteiger partial charge in [0, 0.05) is 20.1 Å². The Morgan fingerprint density at radius 3 is 2.79 bits per heavy atom. The number of carbonyl (C=O) groups is 2. The summed E-state index contributed by atoms with van der Waals surface area (Å²) < 4.78 is 0. The Morgan fingerprint density at radius 2 is 2.21 bits per heavy atom. The molecule has 0 aromatic heterocycles. The molecule has 1 heterocycles. The fourth-order valence-corrected chi connectivity index (χ4v) is 1.70. The third kappa shape index (κ3) is 2.16. The van der Waals surface area contributed by atoms with E-state index in [4.69, 9.17) is 0 Å². The van der Waals surface area contributed by atoms with Gasteiger partial charge in [0.2, 0.25) is 5.91 Å². The zero-order valence-corrected chi connectivity index (χ0v) is 8.67. The van der Waals surface area contributed by atoms with Gasteiger partial charge in [-0.05, 0) is 19.8 Å². The van der Waals surface area contributed by atoms with Crippen LogP contribution in [-0.4, -0.2) is 43.0 Å². The van der Waals surface area contributed by atoms with Gasteiger partial charge < -0.3 is 15.5 Å². The fraction of sp³-hybridized carbons (Fsp3) is 0.778. The maximum atomic E-state index is 11.5. The second-order valence-electron chi connectivity index (χ2n) is 3.30. The van der Waals surface area contributed by atoms with Gasteiger partial charge in [-0.1, -0.05) is 0 Å². The Hall–Kier alpha value is -1.26. The predicted molar refractivity (Wildman–Crippen MR) is 52.9 cm³/mol. The minimum atomic E-state index is -0.286. The van der Waals surface area contributed by atoms with E-state index in [1.54, 1.807) is 11.9 Å². The number of rotatable bonds is 2. The minimum Gasteiger partial charge on any atom is -0.357 e. The van der Waals surface area contributed by atoms with Gasteiger partial charge in [0.15, 0.2) is 0 Å². The van der Waals surface area contributed by atoms with Gasteiger partial charge in [0.05, 0.1) is 0 Å². The van der Waals surface area contributed by atoms with Crippen LogP contribution in [0.15, 0.2) is 0 Å². The van der Waals surface area contributed by atoms with E-state index in [9.17, 15) is 9.59 Å². The molecule has 0 aromatic rings. The Balaban J connectivity index is 2.59. The lowest BCUT2D eigenvalue weighted by molar-refractivity contribution is -0.124. The maximum Gasteiger partial charge on any atom is 0.318 e. The quantitative estimate of drug-likeness (QED) is 0.653. The minimum absolute atomic E-state index is 0.0752. The number of urea groups is 1. The second kappa shape index (κ2) is 4.83. The van der Waals surface area contributed by atoms with E-state index in [2.05, 4.69) is 10.6 Å². The Kier molecular flexibility index (Phi) is 3.73. The Bertz CT molecular complexity index is 230. The lowest BCUT2D eigenvalue weighted by atomic mass is 10.2. The topological polar surface area (TPSA) is 61.4 Å². The number of carbonyl (C=O) groups excluding carboxylic acids is 2. The van der Waals surface area contributed by atoms with Gasteiger partial charge in [0.25, 0.3) is 0 Å². The average Bonchev–Trinajstić information content (AvgIpc) is 2.65. The van der Waals surface area contributed by atoms with Crippen LogP contribution >= 0.6 is 0 Å². The summed E-state index contributed by atoms with van der Waals surface area (Å²) in [5, 5.41) is 5.28. The van der Waals surface area contributed by atoms with Crippen LogP contribution in [0.1, 0.15) is 19.8 Å². The van der Waals surface area contributed by atoms with Crippen molar-refractivity contribution in [2.75, 3.05) is 20.1 Å². The molecule has 1 aliphatic rings. The lowest BCUT2D eigenvalue weighted by Crippen LogP contribution is -2.48. The van der Waals surface area contributed by atoms with Gasteiger partial charge in [-0.15, -0.1) is 0 Å². The number of hydrogen-bond acceptors (Lipinski definition) is 2. The molecule has 3 amide bonds. The molecule has 0 aromatic carbocycles. The van der Waals surface area contributed by atoms with Crippen LogP contribution in [0.4, 0.5) is 4.79 Å². The van der Waals surface area contributed by atoms with E-state index in [0.717, 1.165) is 12.8 Å². The Labute approximate surface area is 83.8 Å². The van der Waals surface area contributed by atoms with Crippen LogP contribution in [0, 0.1) is 0 Å². The van der Waals surface area contributed by atoms with E-state index in [1.807, 2.05) is 6.92 Å². The zero-order valence-electron chi connectivity index (χ0n) is 8.67. The average molecular weight is 199 g/mol. The molecule has 5 heteroatoms. The summed E-state index contributed by atoms with van der Waals surface area (Å²) in [6.45, 7) is 3.13. The van der Waals surface area contributed by atoms with Crippen molar-refractivity contribution in [3.8, 4) is 0 Å². The van der Waals surface area contributed by atoms with Crippen molar-refractivity contribution in [1.29, 1.82) is 0 Å². The fourth-order valence-electron chi connectivity index (χ4n) is 1.70. The summed E-state index contributed by atoms with van der Waals surface area (Å²) in [5.74, 6) is -0.0752. The van der Waals surface area contributed by atoms with Crippen LogP contribution in [0.5, 0.6) is 0 Å². The molecule has 1 saturated heterocycles. The molecule has 14 heavy (non-hydrogen) atoms. The summed E-state index contributed by atoms with van der Waals surface area (Å²) in [5.41, 5.74) is 0. The first-order valence-electron chi connectivity index (χ1n) is 4.96. The van der Waals surface area contributed by atoms with E-state index in [1.165, 1.54) is 0 Å². The third-order valence-electron chi connectivity index (χ3n) is 2.39. The molecular weight excluding hydrogens is 182 g/mol. The smallest absolute Gasteiger partial charge is 0.318 e. The number of hydrogen-bond donors (Lipinski definition) is 2. The molecule has 1 fully saturated rings. The van der Waals surface area contributed by atoms with Gasteiger partial charge in [-0.3, -0.25) is 4.79 Å². The van der Waals surface area contributed by atoms with Crippen molar-refractivity contribution in [1.82, 2.24) is 15.5 Å². The van der Waals surface area contributed by atoms with Gasteiger partial charge in [0.1, 0.15) is 6.04 Å². The zero-order chi connectivity index (χ0) is 10.6. The first-order valence-corrected chi connectivity index (χ1v) is 4.96. The largest absolute Gasteiger partial charge is 0.357 e. The molecule has 0 saturated carbocycles. The highest BCUT2D eigenvalue weighted by Crippen LogP contribution is 2.16. The molecule has 1 rings (SSSR count). The second-order valence-corrected chi connectivity index (χ2v) is 3.30. The third-order valence-corrected chi connectivity index (χ3v) is 2.39. The SMILES string of the molecule is CCNC(=O)N1CCCC1C(=O)NC. The molecule has 0 spiro atoms. The normalized spacial score (nSPS) is 20.7. The van der Waals surface area contributed by atoms with Gasteiger partial charge in [-0.25, -0.2) is 4.79 Å². The van der Waals surface area contributed by atoms with Crippen molar-refractivity contribution in [3.05, 3.63) is 0 Å². The number of amides is 3. The van der Waals surface area contributed by atoms with Crippen LogP contribution in [0.25, 0.3) is 0 Å². The van der Waals surface area contributed by atoms with Crippen LogP contribution in [0.2, 0.25) is 0 Å². The number of nitrogens with one attached hydrogen (secondary N) is 2. The Morgan fingerprint density at radius 1 is 1.50 bits per heavy atom. The molecule has 1 atom stereocenters. The van der Waals surface area contributed by atoms with E-state index in [-0.39, 0.29) is 18.0 Å². The molecule has 80 valence electrons. The molecule has 2 N–H and O–H groups in total. The summed E-state index contributed by atoms with van der Waals surface area (Å²) in [6, 6.07) is -0.426. The van der Waals surface area contributed by atoms with E-state index < -0.39 is 0 Å². The van der Waals surface area contributed by atoms with Crippen molar-refractivity contribution in [3.63, 3.8) is 0 Å². The molecule has 1 aliphatic heterocycles. The number of nitrogens with zero attached hydrogens (tertiary/aromatic N) is 1. The number of likely N-dealkylation sites (N-methyl/N-ethyl adjacent to an activating group) is 1. The van der Waals surface area contributed by atoms with Crippen LogP contribution in [-0.2, 0) is 4.79 Å². The highest BCUT2D eigenvalue weighted by molar-refractivity contribution is 5.87. The van der Waals surface area contributed by atoms with E-state index in [0.29, 0.717) is 13.1 Å². The van der Waals surface area contributed by atoms with Crippen molar-refractivity contribution in [2.45, 2.75) is 25.8 Å². The summed E-state index contributed by atoms with van der Waals surface area (Å²) in [7, 11) is 1.59. The van der Waals surface area contributed by atoms with Crippen molar-refractivity contribution < 1.29 is 9.59 Å². The van der Waals surface area contributed by atoms with E-state index >= 15 is 0 Å². The van der Waals surface area contributed by atoms with Crippen molar-refractivity contribution >= 4 is 11.9 Å². The monoisotopic (exact) mass is 199 g/mol. The summed E-state index contributed by atoms with van der Waals surface area (Å²) >= 11 is 0. The van der Waals surface area contributed by atoms with Crippen molar-refractivity contribution in [2.24, 2.45) is 0 Å². The molecule has 0 radical (unpaired) electrons. The molecule has 5 nitrogen and oxygen atoms in total. The van der Waals surface area contributed by atoms with Crippen LogP contribution in [0.3, 0.4) is 0 Å². The molecule has 0 bridgehead atoms. The lowest BCUT2D eigenvalue weighted by Gasteiger charge is -2.23. The predicted octanol–water partition coefficient (Wildman–Crippen LogP) is -0.0737. The summed E-state index contributed by atoms with van der Waals surface area (Å²) in [6.07, 6.45) is 1.66. The maximum absolute atomic E-state index is 11.5.